The number of benzene rings is 3. The van der Waals surface area contributed by atoms with Gasteiger partial charge in [-0.25, -0.2) is 4.98 Å². The summed E-state index contributed by atoms with van der Waals surface area (Å²) in [6.45, 7) is 6.23. The molecule has 0 fully saturated rings. The minimum Gasteiger partial charge on any atom is -0.457 e. The number of carbonyl (C=O) groups is 1. The number of hydrogen-bond acceptors (Lipinski definition) is 5. The molecular weight excluding hydrogens is 565 g/mol. The Kier molecular flexibility index (Phi) is 8.07. The molecule has 2 N–H and O–H groups in total. The van der Waals surface area contributed by atoms with E-state index in [4.69, 9.17) is 44.3 Å². The minimum atomic E-state index is -0.409. The van der Waals surface area contributed by atoms with Gasteiger partial charge < -0.3 is 14.2 Å². The van der Waals surface area contributed by atoms with Crippen molar-refractivity contribution in [2.45, 2.75) is 26.7 Å². The Morgan fingerprint density at radius 3 is 2.60 bits per heavy atom. The summed E-state index contributed by atoms with van der Waals surface area (Å²) >= 11 is 17.6. The number of aromatic nitrogens is 1. The maximum atomic E-state index is 12.5. The fourth-order valence-electron chi connectivity index (χ4n) is 4.06. The van der Waals surface area contributed by atoms with E-state index < -0.39 is 5.91 Å². The van der Waals surface area contributed by atoms with E-state index in [1.165, 1.54) is 11.6 Å². The first kappa shape index (κ1) is 27.6. The molecule has 0 bridgehead atoms. The summed E-state index contributed by atoms with van der Waals surface area (Å²) in [6.07, 6.45) is 2.89. The minimum absolute atomic E-state index is 0.155. The van der Waals surface area contributed by atoms with Crippen molar-refractivity contribution in [1.82, 2.24) is 10.3 Å². The van der Waals surface area contributed by atoms with Crippen LogP contribution in [0.25, 0.3) is 40.0 Å². The molecule has 0 spiro atoms. The lowest BCUT2D eigenvalue weighted by Crippen LogP contribution is -2.33. The van der Waals surface area contributed by atoms with Crippen molar-refractivity contribution in [2.75, 3.05) is 5.32 Å². The highest BCUT2D eigenvalue weighted by atomic mass is 35.5. The first-order chi connectivity index (χ1) is 19.2. The molecule has 0 aliphatic carbocycles. The van der Waals surface area contributed by atoms with Crippen LogP contribution in [0, 0.1) is 6.92 Å². The summed E-state index contributed by atoms with van der Waals surface area (Å²) in [4.78, 5) is 17.2. The lowest BCUT2D eigenvalue weighted by atomic mass is 10.0. The number of aryl methyl sites for hydroxylation is 1. The number of halogens is 2. The van der Waals surface area contributed by atoms with E-state index in [2.05, 4.69) is 41.6 Å². The number of amides is 1. The number of fused-ring (bicyclic) bond motifs is 1. The average Bonchev–Trinajstić information content (AvgIpc) is 3.55. The molecule has 2 aromatic heterocycles. The molecule has 0 radical (unpaired) electrons. The van der Waals surface area contributed by atoms with Gasteiger partial charge in [-0.3, -0.25) is 10.1 Å². The van der Waals surface area contributed by atoms with Gasteiger partial charge >= 0.3 is 0 Å². The molecule has 1 amide bonds. The lowest BCUT2D eigenvalue weighted by molar-refractivity contribution is -0.115. The topological polar surface area (TPSA) is 80.3 Å². The molecule has 0 aliphatic heterocycles. The number of nitrogens with zero attached hydrogens (tertiary/aromatic N) is 1. The number of oxazole rings is 1. The first-order valence-electron chi connectivity index (χ1n) is 12.5. The molecule has 0 atom stereocenters. The second-order valence-electron chi connectivity index (χ2n) is 9.53. The van der Waals surface area contributed by atoms with Crippen LogP contribution >= 0.6 is 35.4 Å². The summed E-state index contributed by atoms with van der Waals surface area (Å²) < 4.78 is 11.8. The molecule has 0 saturated carbocycles. The fourth-order valence-corrected chi connectivity index (χ4v) is 4.77. The van der Waals surface area contributed by atoms with E-state index in [9.17, 15) is 4.79 Å². The predicted molar refractivity (Wildman–Crippen MR) is 166 cm³/mol. The zero-order valence-electron chi connectivity index (χ0n) is 21.9. The number of nitrogens with one attached hydrogen (secondary N) is 2. The Labute approximate surface area is 247 Å². The van der Waals surface area contributed by atoms with Crippen molar-refractivity contribution in [3.05, 3.63) is 99.7 Å². The van der Waals surface area contributed by atoms with Gasteiger partial charge in [-0.2, -0.15) is 0 Å². The van der Waals surface area contributed by atoms with Crippen LogP contribution in [0.1, 0.15) is 36.7 Å². The summed E-state index contributed by atoms with van der Waals surface area (Å²) in [5.41, 5.74) is 5.91. The fraction of sp³-hybridized carbons (Fsp3) is 0.129. The van der Waals surface area contributed by atoms with Crippen molar-refractivity contribution in [3.63, 3.8) is 0 Å². The molecule has 3 aromatic carbocycles. The smallest absolute Gasteiger partial charge is 0.250 e. The number of hydrogen-bond donors (Lipinski definition) is 2. The summed E-state index contributed by atoms with van der Waals surface area (Å²) in [7, 11) is 0. The Hall–Kier alpha value is -3.91. The van der Waals surface area contributed by atoms with Gasteiger partial charge in [0.1, 0.15) is 17.0 Å². The van der Waals surface area contributed by atoms with E-state index in [0.29, 0.717) is 38.9 Å². The van der Waals surface area contributed by atoms with Crippen LogP contribution in [-0.4, -0.2) is 16.0 Å². The van der Waals surface area contributed by atoms with Crippen LogP contribution in [0.2, 0.25) is 10.0 Å². The highest BCUT2D eigenvalue weighted by molar-refractivity contribution is 7.80. The van der Waals surface area contributed by atoms with E-state index in [-0.39, 0.29) is 5.11 Å². The first-order valence-corrected chi connectivity index (χ1v) is 13.7. The Morgan fingerprint density at radius 2 is 1.82 bits per heavy atom. The quantitative estimate of drug-likeness (QED) is 0.152. The van der Waals surface area contributed by atoms with Crippen molar-refractivity contribution < 1.29 is 13.6 Å². The van der Waals surface area contributed by atoms with Gasteiger partial charge in [0.15, 0.2) is 10.7 Å². The predicted octanol–water partition coefficient (Wildman–Crippen LogP) is 9.02. The normalized spacial score (nSPS) is 11.4. The second-order valence-corrected chi connectivity index (χ2v) is 10.8. The SMILES string of the molecule is Cc1ccc(-c2nc3cc(C(C)C)ccc3o2)cc1NC(=S)NC(=O)/C=C/c1ccc(-c2ccc(Cl)cc2Cl)o1. The van der Waals surface area contributed by atoms with Crippen LogP contribution < -0.4 is 10.6 Å². The largest absolute Gasteiger partial charge is 0.457 e. The molecule has 0 saturated heterocycles. The molecule has 202 valence electrons. The Morgan fingerprint density at radius 1 is 1.00 bits per heavy atom. The summed E-state index contributed by atoms with van der Waals surface area (Å²) in [5, 5.41) is 6.91. The summed E-state index contributed by atoms with van der Waals surface area (Å²) in [6, 6.07) is 20.5. The average molecular weight is 591 g/mol. The number of rotatable bonds is 6. The molecule has 0 aliphatic rings. The van der Waals surface area contributed by atoms with Crippen LogP contribution in [0.3, 0.4) is 0 Å². The lowest BCUT2D eigenvalue weighted by Gasteiger charge is -2.11. The van der Waals surface area contributed by atoms with E-state index in [1.807, 2.05) is 31.2 Å². The number of carbonyl (C=O) groups excluding carboxylic acids is 1. The van der Waals surface area contributed by atoms with Gasteiger partial charge in [0.05, 0.1) is 5.02 Å². The van der Waals surface area contributed by atoms with Crippen molar-refractivity contribution in [1.29, 1.82) is 0 Å². The van der Waals surface area contributed by atoms with E-state index >= 15 is 0 Å². The maximum Gasteiger partial charge on any atom is 0.250 e. The molecular formula is C31H25Cl2N3O3S. The molecule has 9 heteroatoms. The van der Waals surface area contributed by atoms with Crippen molar-refractivity contribution in [2.24, 2.45) is 0 Å². The summed E-state index contributed by atoms with van der Waals surface area (Å²) in [5.74, 6) is 1.55. The number of thiocarbonyl (C=S) groups is 1. The van der Waals surface area contributed by atoms with Gasteiger partial charge in [-0.1, -0.05) is 49.2 Å². The van der Waals surface area contributed by atoms with Crippen LogP contribution in [0.4, 0.5) is 5.69 Å². The van der Waals surface area contributed by atoms with Gasteiger partial charge in [0.25, 0.3) is 0 Å². The van der Waals surface area contributed by atoms with Gasteiger partial charge in [-0.05, 0) is 96.9 Å². The third-order valence-corrected chi connectivity index (χ3v) is 7.02. The number of anilines is 1. The van der Waals surface area contributed by atoms with E-state index in [1.54, 1.807) is 36.4 Å². The highest BCUT2D eigenvalue weighted by Crippen LogP contribution is 2.32. The Bertz CT molecular complexity index is 1770. The van der Waals surface area contributed by atoms with Gasteiger partial charge in [0.2, 0.25) is 11.8 Å². The molecule has 0 unspecified atom stereocenters. The van der Waals surface area contributed by atoms with Gasteiger partial charge in [-0.15, -0.1) is 0 Å². The van der Waals surface area contributed by atoms with Crippen LogP contribution in [0.5, 0.6) is 0 Å². The second kappa shape index (κ2) is 11.7. The highest BCUT2D eigenvalue weighted by Gasteiger charge is 2.13. The number of furan rings is 1. The molecule has 2 heterocycles. The molecule has 5 aromatic rings. The maximum absolute atomic E-state index is 12.5. The van der Waals surface area contributed by atoms with Crippen LogP contribution in [0.15, 0.2) is 81.6 Å². The third kappa shape index (κ3) is 6.28. The van der Waals surface area contributed by atoms with Gasteiger partial charge in [0, 0.05) is 27.9 Å². The zero-order chi connectivity index (χ0) is 28.4. The standard InChI is InChI=1S/C31H25Cl2N3O3S/c1-17(2)19-6-11-28-26(14-19)34-30(39-28)20-5-4-18(3)25(15-20)35-31(40)36-29(37)13-9-22-8-12-27(38-22)23-10-7-21(32)16-24(23)33/h4-17H,1-3H3,(H2,35,36,37,40)/b13-9+. The molecule has 6 nitrogen and oxygen atoms in total. The van der Waals surface area contributed by atoms with E-state index in [0.717, 1.165) is 27.9 Å². The molecule has 5 rings (SSSR count). The zero-order valence-corrected chi connectivity index (χ0v) is 24.2. The van der Waals surface area contributed by atoms with Crippen molar-refractivity contribution in [3.8, 4) is 22.8 Å². The van der Waals surface area contributed by atoms with Crippen molar-refractivity contribution >= 4 is 69.3 Å². The monoisotopic (exact) mass is 589 g/mol. The molecule has 40 heavy (non-hydrogen) atoms. The third-order valence-electron chi connectivity index (χ3n) is 6.27. The van der Waals surface area contributed by atoms with Crippen LogP contribution in [-0.2, 0) is 4.79 Å². The Balaban J connectivity index is 1.24.